The Kier molecular flexibility index (Phi) is 6.14. The van der Waals surface area contributed by atoms with E-state index >= 15 is 0 Å². The molecule has 29 heavy (non-hydrogen) atoms. The summed E-state index contributed by atoms with van der Waals surface area (Å²) in [7, 11) is -3.68. The fraction of sp³-hybridized carbons (Fsp3) is 0.333. The zero-order chi connectivity index (χ0) is 21.2. The molecular weight excluding hydrogens is 395 g/mol. The van der Waals surface area contributed by atoms with E-state index in [1.807, 2.05) is 0 Å². The lowest BCUT2D eigenvalue weighted by molar-refractivity contribution is -0.120. The first-order valence-corrected chi connectivity index (χ1v) is 10.8. The Morgan fingerprint density at radius 1 is 1.07 bits per heavy atom. The molecule has 8 heteroatoms. The van der Waals surface area contributed by atoms with Gasteiger partial charge in [-0.15, -0.1) is 0 Å². The molecule has 0 bridgehead atoms. The van der Waals surface area contributed by atoms with Gasteiger partial charge in [0.25, 0.3) is 0 Å². The third-order valence-electron chi connectivity index (χ3n) is 5.18. The third-order valence-corrected chi connectivity index (χ3v) is 7.09. The normalized spacial score (nSPS) is 15.8. The van der Waals surface area contributed by atoms with Crippen LogP contribution in [0.3, 0.4) is 0 Å². The number of halogens is 1. The monoisotopic (exact) mass is 418 g/mol. The van der Waals surface area contributed by atoms with Gasteiger partial charge in [-0.1, -0.05) is 18.2 Å². The predicted octanol–water partition coefficient (Wildman–Crippen LogP) is 3.38. The van der Waals surface area contributed by atoms with E-state index in [9.17, 15) is 22.4 Å². The minimum Gasteiger partial charge on any atom is -0.326 e. The molecule has 1 aliphatic rings. The number of nitrogens with one attached hydrogen (secondary N) is 1. The molecule has 3 rings (SSSR count). The summed E-state index contributed by atoms with van der Waals surface area (Å²) in [5.41, 5.74) is 1.64. The molecule has 2 aromatic rings. The van der Waals surface area contributed by atoms with Gasteiger partial charge in [-0.3, -0.25) is 9.59 Å². The van der Waals surface area contributed by atoms with Crippen LogP contribution in [0, 0.1) is 18.7 Å². The van der Waals surface area contributed by atoms with Crippen molar-refractivity contribution in [1.29, 1.82) is 0 Å². The lowest BCUT2D eigenvalue weighted by atomic mass is 9.97. The average Bonchev–Trinajstić information content (AvgIpc) is 2.71. The van der Waals surface area contributed by atoms with Gasteiger partial charge in [-0.2, -0.15) is 4.31 Å². The number of sulfonamides is 1. The van der Waals surface area contributed by atoms with E-state index in [4.69, 9.17) is 0 Å². The number of piperidine rings is 1. The molecule has 0 aliphatic carbocycles. The molecule has 6 nitrogen and oxygen atoms in total. The topological polar surface area (TPSA) is 83.6 Å². The number of rotatable bonds is 5. The average molecular weight is 418 g/mol. The largest absolute Gasteiger partial charge is 0.326 e. The SMILES string of the molecule is CC(=O)c1ccc(S(=O)(=O)N2CCC(C(=O)Nc3cc(F)ccc3C)CC2)cc1. The summed E-state index contributed by atoms with van der Waals surface area (Å²) in [4.78, 5) is 24.0. The molecular formula is C21H23FN2O4S. The van der Waals surface area contributed by atoms with Crippen LogP contribution in [-0.4, -0.2) is 37.5 Å². The van der Waals surface area contributed by atoms with E-state index in [1.54, 1.807) is 13.0 Å². The first kappa shape index (κ1) is 21.1. The number of benzene rings is 2. The van der Waals surface area contributed by atoms with Crippen molar-refractivity contribution in [2.24, 2.45) is 5.92 Å². The Bertz CT molecular complexity index is 1030. The zero-order valence-corrected chi connectivity index (χ0v) is 17.1. The Hall–Kier alpha value is -2.58. The smallest absolute Gasteiger partial charge is 0.243 e. The first-order valence-electron chi connectivity index (χ1n) is 9.36. The molecule has 1 aliphatic heterocycles. The van der Waals surface area contributed by atoms with Crippen LogP contribution >= 0.6 is 0 Å². The quantitative estimate of drug-likeness (QED) is 0.755. The second-order valence-electron chi connectivity index (χ2n) is 7.21. The number of carbonyl (C=O) groups excluding carboxylic acids is 2. The Labute approximate surface area is 169 Å². The Morgan fingerprint density at radius 3 is 2.28 bits per heavy atom. The molecule has 0 aromatic heterocycles. The molecule has 0 radical (unpaired) electrons. The van der Waals surface area contributed by atoms with Gasteiger partial charge < -0.3 is 5.32 Å². The van der Waals surface area contributed by atoms with Crippen molar-refractivity contribution in [2.75, 3.05) is 18.4 Å². The highest BCUT2D eigenvalue weighted by Gasteiger charge is 2.32. The van der Waals surface area contributed by atoms with Crippen LogP contribution in [0.5, 0.6) is 0 Å². The molecule has 0 atom stereocenters. The number of carbonyl (C=O) groups is 2. The van der Waals surface area contributed by atoms with Gasteiger partial charge in [0.1, 0.15) is 5.82 Å². The number of ketones is 1. The summed E-state index contributed by atoms with van der Waals surface area (Å²) < 4.78 is 40.4. The molecule has 1 N–H and O–H groups in total. The summed E-state index contributed by atoms with van der Waals surface area (Å²) in [5, 5.41) is 2.74. The Morgan fingerprint density at radius 2 is 1.69 bits per heavy atom. The number of hydrogen-bond donors (Lipinski definition) is 1. The van der Waals surface area contributed by atoms with Gasteiger partial charge in [0.2, 0.25) is 15.9 Å². The first-order chi connectivity index (χ1) is 13.7. The fourth-order valence-corrected chi connectivity index (χ4v) is 4.80. The summed E-state index contributed by atoms with van der Waals surface area (Å²) in [6.45, 7) is 3.64. The molecule has 2 aromatic carbocycles. The van der Waals surface area contributed by atoms with Gasteiger partial charge in [-0.25, -0.2) is 12.8 Å². The van der Waals surface area contributed by atoms with Crippen molar-refractivity contribution in [3.8, 4) is 0 Å². The highest BCUT2D eigenvalue weighted by molar-refractivity contribution is 7.89. The van der Waals surface area contributed by atoms with Crippen molar-refractivity contribution in [3.05, 3.63) is 59.4 Å². The van der Waals surface area contributed by atoms with Gasteiger partial charge in [0, 0.05) is 30.3 Å². The van der Waals surface area contributed by atoms with Gasteiger partial charge in [0.05, 0.1) is 4.90 Å². The maximum Gasteiger partial charge on any atom is 0.243 e. The molecule has 1 amide bonds. The number of amides is 1. The summed E-state index contributed by atoms with van der Waals surface area (Å²) in [6.07, 6.45) is 0.760. The second kappa shape index (κ2) is 8.42. The van der Waals surface area contributed by atoms with Gasteiger partial charge >= 0.3 is 0 Å². The van der Waals surface area contributed by atoms with E-state index in [-0.39, 0.29) is 35.6 Å². The standard InChI is InChI=1S/C21H23FN2O4S/c1-14-3-6-18(22)13-20(14)23-21(26)17-9-11-24(12-10-17)29(27,28)19-7-4-16(5-8-19)15(2)25/h3-8,13,17H,9-12H2,1-2H3,(H,23,26). The van der Waals surface area contributed by atoms with Crippen LogP contribution in [0.25, 0.3) is 0 Å². The molecule has 154 valence electrons. The molecule has 1 fully saturated rings. The van der Waals surface area contributed by atoms with Gasteiger partial charge in [0.15, 0.2) is 5.78 Å². The highest BCUT2D eigenvalue weighted by atomic mass is 32.2. The second-order valence-corrected chi connectivity index (χ2v) is 9.15. The maximum atomic E-state index is 13.4. The minimum absolute atomic E-state index is 0.126. The van der Waals surface area contributed by atoms with Crippen LogP contribution in [-0.2, 0) is 14.8 Å². The summed E-state index contributed by atoms with van der Waals surface area (Å²) in [5.74, 6) is -1.14. The third kappa shape index (κ3) is 4.71. The van der Waals surface area contributed by atoms with E-state index in [1.165, 1.54) is 47.6 Å². The summed E-state index contributed by atoms with van der Waals surface area (Å²) in [6, 6.07) is 10.1. The van der Waals surface area contributed by atoms with E-state index < -0.39 is 15.8 Å². The molecule has 1 saturated heterocycles. The van der Waals surface area contributed by atoms with Crippen LogP contribution in [0.4, 0.5) is 10.1 Å². The minimum atomic E-state index is -3.68. The highest BCUT2D eigenvalue weighted by Crippen LogP contribution is 2.26. The van der Waals surface area contributed by atoms with Crippen molar-refractivity contribution < 1.29 is 22.4 Å². The number of anilines is 1. The van der Waals surface area contributed by atoms with Crippen LogP contribution in [0.15, 0.2) is 47.4 Å². The van der Waals surface area contributed by atoms with Gasteiger partial charge in [-0.05, 0) is 56.5 Å². The number of nitrogens with zero attached hydrogens (tertiary/aromatic N) is 1. The van der Waals surface area contributed by atoms with E-state index in [0.29, 0.717) is 24.1 Å². The Balaban J connectivity index is 1.64. The molecule has 0 saturated carbocycles. The van der Waals surface area contributed by atoms with E-state index in [0.717, 1.165) is 5.56 Å². The number of hydrogen-bond acceptors (Lipinski definition) is 4. The van der Waals surface area contributed by atoms with E-state index in [2.05, 4.69) is 5.32 Å². The van der Waals surface area contributed by atoms with Crippen molar-refractivity contribution in [1.82, 2.24) is 4.31 Å². The zero-order valence-electron chi connectivity index (χ0n) is 16.3. The lowest BCUT2D eigenvalue weighted by Gasteiger charge is -2.30. The summed E-state index contributed by atoms with van der Waals surface area (Å²) >= 11 is 0. The van der Waals surface area contributed by atoms with Crippen LogP contribution < -0.4 is 5.32 Å². The fourth-order valence-electron chi connectivity index (χ4n) is 3.33. The van der Waals surface area contributed by atoms with Crippen molar-refractivity contribution >= 4 is 27.4 Å². The maximum absolute atomic E-state index is 13.4. The number of aryl methyl sites for hydroxylation is 1. The predicted molar refractivity (Wildman–Crippen MR) is 108 cm³/mol. The molecule has 0 spiro atoms. The van der Waals surface area contributed by atoms with Crippen LogP contribution in [0.2, 0.25) is 0 Å². The molecule has 1 heterocycles. The number of Topliss-reactive ketones (excluding diaryl/α,β-unsaturated/α-hetero) is 1. The molecule has 0 unspecified atom stereocenters. The van der Waals surface area contributed by atoms with Crippen LogP contribution in [0.1, 0.15) is 35.7 Å². The van der Waals surface area contributed by atoms with Crippen molar-refractivity contribution in [3.63, 3.8) is 0 Å². The lowest BCUT2D eigenvalue weighted by Crippen LogP contribution is -2.41. The van der Waals surface area contributed by atoms with Crippen molar-refractivity contribution in [2.45, 2.75) is 31.6 Å².